The van der Waals surface area contributed by atoms with Crippen molar-refractivity contribution in [1.82, 2.24) is 0 Å². The molecule has 4 nitrogen and oxygen atoms in total. The lowest BCUT2D eigenvalue weighted by Crippen LogP contribution is -2.23. The SMILES string of the molecule is Cc1cccc(NC(=O)CS(=O)(=O)c2cccc(Br)c2)c1C. The highest BCUT2D eigenvalue weighted by Gasteiger charge is 2.20. The number of carbonyl (C=O) groups is 1. The van der Waals surface area contributed by atoms with E-state index >= 15 is 0 Å². The summed E-state index contributed by atoms with van der Waals surface area (Å²) in [7, 11) is -3.67. The van der Waals surface area contributed by atoms with Gasteiger partial charge in [-0.15, -0.1) is 0 Å². The lowest BCUT2D eigenvalue weighted by Gasteiger charge is -2.10. The van der Waals surface area contributed by atoms with Gasteiger partial charge in [0.2, 0.25) is 5.91 Å². The highest BCUT2D eigenvalue weighted by atomic mass is 79.9. The molecule has 0 atom stereocenters. The van der Waals surface area contributed by atoms with Gasteiger partial charge in [-0.25, -0.2) is 8.42 Å². The summed E-state index contributed by atoms with van der Waals surface area (Å²) < 4.78 is 25.2. The fourth-order valence-electron chi connectivity index (χ4n) is 1.99. The molecule has 0 aliphatic heterocycles. The Morgan fingerprint density at radius 1 is 1.14 bits per heavy atom. The smallest absolute Gasteiger partial charge is 0.239 e. The molecule has 0 aliphatic rings. The van der Waals surface area contributed by atoms with E-state index in [9.17, 15) is 13.2 Å². The number of rotatable bonds is 4. The molecule has 0 saturated carbocycles. The Hall–Kier alpha value is -1.66. The molecule has 0 unspecified atom stereocenters. The normalized spacial score (nSPS) is 11.2. The molecule has 2 rings (SSSR count). The molecule has 0 bridgehead atoms. The van der Waals surface area contributed by atoms with Gasteiger partial charge >= 0.3 is 0 Å². The van der Waals surface area contributed by atoms with E-state index in [4.69, 9.17) is 0 Å². The fourth-order valence-corrected chi connectivity index (χ4v) is 3.72. The van der Waals surface area contributed by atoms with E-state index in [2.05, 4.69) is 21.2 Å². The Labute approximate surface area is 138 Å². The first-order chi connectivity index (χ1) is 10.3. The van der Waals surface area contributed by atoms with Crippen LogP contribution in [0.2, 0.25) is 0 Å². The van der Waals surface area contributed by atoms with E-state index in [0.29, 0.717) is 10.2 Å². The van der Waals surface area contributed by atoms with Crippen LogP contribution in [0.5, 0.6) is 0 Å². The number of sulfone groups is 1. The Kier molecular flexibility index (Phi) is 5.03. The number of hydrogen-bond donors (Lipinski definition) is 1. The van der Waals surface area contributed by atoms with Crippen LogP contribution < -0.4 is 5.32 Å². The fraction of sp³-hybridized carbons (Fsp3) is 0.188. The Morgan fingerprint density at radius 2 is 1.82 bits per heavy atom. The van der Waals surface area contributed by atoms with Crippen LogP contribution in [0.3, 0.4) is 0 Å². The lowest BCUT2D eigenvalue weighted by molar-refractivity contribution is -0.113. The van der Waals surface area contributed by atoms with Crippen LogP contribution in [0.25, 0.3) is 0 Å². The van der Waals surface area contributed by atoms with Gasteiger partial charge < -0.3 is 5.32 Å². The van der Waals surface area contributed by atoms with Gasteiger partial charge in [0, 0.05) is 10.2 Å². The van der Waals surface area contributed by atoms with Crippen molar-refractivity contribution in [2.24, 2.45) is 0 Å². The minimum atomic E-state index is -3.67. The van der Waals surface area contributed by atoms with Crippen molar-refractivity contribution >= 4 is 37.4 Å². The van der Waals surface area contributed by atoms with Crippen molar-refractivity contribution < 1.29 is 13.2 Å². The van der Waals surface area contributed by atoms with Crippen molar-refractivity contribution in [2.75, 3.05) is 11.1 Å². The number of nitrogens with one attached hydrogen (secondary N) is 1. The summed E-state index contributed by atoms with van der Waals surface area (Å²) in [4.78, 5) is 12.2. The second kappa shape index (κ2) is 6.62. The molecule has 0 spiro atoms. The summed E-state index contributed by atoms with van der Waals surface area (Å²) in [6, 6.07) is 11.8. The van der Waals surface area contributed by atoms with Gasteiger partial charge in [-0.1, -0.05) is 34.1 Å². The summed E-state index contributed by atoms with van der Waals surface area (Å²) >= 11 is 3.23. The van der Waals surface area contributed by atoms with Crippen molar-refractivity contribution in [2.45, 2.75) is 18.7 Å². The molecule has 0 aliphatic carbocycles. The first-order valence-corrected chi connectivity index (χ1v) is 9.08. The molecule has 1 amide bonds. The number of aryl methyl sites for hydroxylation is 1. The average molecular weight is 382 g/mol. The van der Waals surface area contributed by atoms with Crippen LogP contribution in [-0.4, -0.2) is 20.1 Å². The topological polar surface area (TPSA) is 63.2 Å². The van der Waals surface area contributed by atoms with Gasteiger partial charge in [0.15, 0.2) is 9.84 Å². The Morgan fingerprint density at radius 3 is 2.50 bits per heavy atom. The van der Waals surface area contributed by atoms with Crippen LogP contribution in [-0.2, 0) is 14.6 Å². The van der Waals surface area contributed by atoms with E-state index in [-0.39, 0.29) is 4.90 Å². The summed E-state index contributed by atoms with van der Waals surface area (Å²) in [5.74, 6) is -1.13. The number of carbonyl (C=O) groups excluding carboxylic acids is 1. The third-order valence-electron chi connectivity index (χ3n) is 3.36. The minimum absolute atomic E-state index is 0.123. The molecule has 2 aromatic rings. The van der Waals surface area contributed by atoms with Gasteiger partial charge in [-0.05, 0) is 49.2 Å². The molecule has 0 radical (unpaired) electrons. The average Bonchev–Trinajstić information content (AvgIpc) is 2.43. The largest absolute Gasteiger partial charge is 0.325 e. The highest BCUT2D eigenvalue weighted by molar-refractivity contribution is 9.10. The number of benzene rings is 2. The molecular formula is C16H16BrNO3S. The molecule has 0 fully saturated rings. The summed E-state index contributed by atoms with van der Waals surface area (Å²) in [5, 5.41) is 2.66. The zero-order chi connectivity index (χ0) is 16.3. The summed E-state index contributed by atoms with van der Waals surface area (Å²) in [6.45, 7) is 3.82. The van der Waals surface area contributed by atoms with E-state index < -0.39 is 21.5 Å². The predicted octanol–water partition coefficient (Wildman–Crippen LogP) is 3.48. The first-order valence-electron chi connectivity index (χ1n) is 6.64. The Balaban J connectivity index is 2.16. The van der Waals surface area contributed by atoms with Crippen molar-refractivity contribution in [1.29, 1.82) is 0 Å². The van der Waals surface area contributed by atoms with Gasteiger partial charge in [-0.2, -0.15) is 0 Å². The van der Waals surface area contributed by atoms with E-state index in [1.165, 1.54) is 12.1 Å². The van der Waals surface area contributed by atoms with E-state index in [0.717, 1.165) is 11.1 Å². The number of halogens is 1. The maximum absolute atomic E-state index is 12.3. The zero-order valence-corrected chi connectivity index (χ0v) is 14.7. The predicted molar refractivity (Wildman–Crippen MR) is 90.7 cm³/mol. The van der Waals surface area contributed by atoms with Crippen LogP contribution in [0.4, 0.5) is 5.69 Å². The maximum atomic E-state index is 12.3. The monoisotopic (exact) mass is 381 g/mol. The molecule has 1 N–H and O–H groups in total. The zero-order valence-electron chi connectivity index (χ0n) is 12.3. The molecule has 6 heteroatoms. The van der Waals surface area contributed by atoms with E-state index in [1.807, 2.05) is 26.0 Å². The number of amides is 1. The maximum Gasteiger partial charge on any atom is 0.239 e. The molecule has 0 aromatic heterocycles. The summed E-state index contributed by atoms with van der Waals surface area (Å²) in [6.07, 6.45) is 0. The molecular weight excluding hydrogens is 366 g/mol. The second-order valence-electron chi connectivity index (χ2n) is 5.01. The standard InChI is InChI=1S/C16H16BrNO3S/c1-11-5-3-8-15(12(11)2)18-16(19)10-22(20,21)14-7-4-6-13(17)9-14/h3-9H,10H2,1-2H3,(H,18,19). The first kappa shape index (κ1) is 16.7. The summed E-state index contributed by atoms with van der Waals surface area (Å²) in [5.41, 5.74) is 2.60. The third kappa shape index (κ3) is 3.96. The van der Waals surface area contributed by atoms with Gasteiger partial charge in [0.1, 0.15) is 5.75 Å². The van der Waals surface area contributed by atoms with Crippen molar-refractivity contribution in [3.63, 3.8) is 0 Å². The number of anilines is 1. The molecule has 2 aromatic carbocycles. The van der Waals surface area contributed by atoms with Crippen molar-refractivity contribution in [3.05, 3.63) is 58.1 Å². The van der Waals surface area contributed by atoms with Crippen LogP contribution in [0.15, 0.2) is 51.8 Å². The quantitative estimate of drug-likeness (QED) is 0.881. The van der Waals surface area contributed by atoms with Gasteiger partial charge in [-0.3, -0.25) is 4.79 Å². The van der Waals surface area contributed by atoms with Crippen LogP contribution >= 0.6 is 15.9 Å². The number of hydrogen-bond acceptors (Lipinski definition) is 3. The van der Waals surface area contributed by atoms with E-state index in [1.54, 1.807) is 18.2 Å². The van der Waals surface area contributed by atoms with Crippen LogP contribution in [0.1, 0.15) is 11.1 Å². The molecule has 0 heterocycles. The molecule has 22 heavy (non-hydrogen) atoms. The molecule has 116 valence electrons. The Bertz CT molecular complexity index is 816. The van der Waals surface area contributed by atoms with Crippen molar-refractivity contribution in [3.8, 4) is 0 Å². The van der Waals surface area contributed by atoms with Gasteiger partial charge in [0.05, 0.1) is 4.90 Å². The van der Waals surface area contributed by atoms with Gasteiger partial charge in [0.25, 0.3) is 0 Å². The van der Waals surface area contributed by atoms with Crippen LogP contribution in [0, 0.1) is 13.8 Å². The lowest BCUT2D eigenvalue weighted by atomic mass is 10.1. The molecule has 0 saturated heterocycles. The second-order valence-corrected chi connectivity index (χ2v) is 7.92. The highest BCUT2D eigenvalue weighted by Crippen LogP contribution is 2.20. The minimum Gasteiger partial charge on any atom is -0.325 e. The third-order valence-corrected chi connectivity index (χ3v) is 5.46.